The minimum atomic E-state index is 0.820. The standard InChI is InChI=1S/C14H19N3/c1-3-4-6-16-14-12-8-10(2)9-13(15)11(12)5-7-17-14/h5,7-9H,3-4,6,15H2,1-2H3,(H,16,17). The van der Waals surface area contributed by atoms with E-state index in [0.29, 0.717) is 0 Å². The van der Waals surface area contributed by atoms with Gasteiger partial charge in [-0.3, -0.25) is 0 Å². The molecule has 0 aliphatic heterocycles. The monoisotopic (exact) mass is 229 g/mol. The Bertz CT molecular complexity index is 520. The molecule has 0 saturated carbocycles. The molecule has 0 spiro atoms. The molecule has 0 radical (unpaired) electrons. The van der Waals surface area contributed by atoms with E-state index in [9.17, 15) is 0 Å². The molecule has 0 unspecified atom stereocenters. The number of nitrogens with zero attached hydrogens (tertiary/aromatic N) is 1. The number of nitrogen functional groups attached to an aromatic ring is 1. The molecule has 0 saturated heterocycles. The summed E-state index contributed by atoms with van der Waals surface area (Å²) in [7, 11) is 0. The third-order valence-electron chi connectivity index (χ3n) is 2.88. The summed E-state index contributed by atoms with van der Waals surface area (Å²) in [4.78, 5) is 4.39. The van der Waals surface area contributed by atoms with Crippen molar-refractivity contribution in [1.29, 1.82) is 0 Å². The maximum absolute atomic E-state index is 6.03. The van der Waals surface area contributed by atoms with Gasteiger partial charge in [0, 0.05) is 29.2 Å². The highest BCUT2D eigenvalue weighted by molar-refractivity contribution is 5.99. The summed E-state index contributed by atoms with van der Waals surface area (Å²) in [6, 6.07) is 6.10. The number of anilines is 2. The van der Waals surface area contributed by atoms with Gasteiger partial charge in [-0.2, -0.15) is 0 Å². The van der Waals surface area contributed by atoms with Crippen molar-refractivity contribution < 1.29 is 0 Å². The van der Waals surface area contributed by atoms with E-state index in [1.807, 2.05) is 18.3 Å². The van der Waals surface area contributed by atoms with Gasteiger partial charge < -0.3 is 11.1 Å². The van der Waals surface area contributed by atoms with Gasteiger partial charge in [0.2, 0.25) is 0 Å². The zero-order chi connectivity index (χ0) is 12.3. The van der Waals surface area contributed by atoms with E-state index >= 15 is 0 Å². The highest BCUT2D eigenvalue weighted by Gasteiger charge is 2.05. The molecule has 3 heteroatoms. The Morgan fingerprint density at radius 3 is 2.88 bits per heavy atom. The number of nitrogens with two attached hydrogens (primary N) is 1. The first-order valence-corrected chi connectivity index (χ1v) is 6.11. The molecule has 0 bridgehead atoms. The van der Waals surface area contributed by atoms with Crippen LogP contribution in [0.2, 0.25) is 0 Å². The summed E-state index contributed by atoms with van der Waals surface area (Å²) < 4.78 is 0. The maximum atomic E-state index is 6.03. The van der Waals surface area contributed by atoms with Crippen molar-refractivity contribution in [2.45, 2.75) is 26.7 Å². The lowest BCUT2D eigenvalue weighted by molar-refractivity contribution is 0.832. The molecule has 0 aliphatic carbocycles. The van der Waals surface area contributed by atoms with Gasteiger partial charge in [-0.1, -0.05) is 13.3 Å². The fraction of sp³-hybridized carbons (Fsp3) is 0.357. The normalized spacial score (nSPS) is 10.7. The van der Waals surface area contributed by atoms with Crippen LogP contribution in [0.3, 0.4) is 0 Å². The Morgan fingerprint density at radius 2 is 2.12 bits per heavy atom. The number of aryl methyl sites for hydroxylation is 1. The lowest BCUT2D eigenvalue weighted by Crippen LogP contribution is -2.03. The van der Waals surface area contributed by atoms with Crippen LogP contribution in [0.5, 0.6) is 0 Å². The number of benzene rings is 1. The van der Waals surface area contributed by atoms with Gasteiger partial charge in [0.05, 0.1) is 0 Å². The Balaban J connectivity index is 2.42. The van der Waals surface area contributed by atoms with Crippen LogP contribution in [0.4, 0.5) is 11.5 Å². The van der Waals surface area contributed by atoms with Crippen molar-refractivity contribution in [2.24, 2.45) is 0 Å². The molecule has 1 aromatic heterocycles. The number of rotatable bonds is 4. The molecule has 0 fully saturated rings. The summed E-state index contributed by atoms with van der Waals surface area (Å²) >= 11 is 0. The first-order chi connectivity index (χ1) is 8.22. The van der Waals surface area contributed by atoms with Crippen LogP contribution in [-0.4, -0.2) is 11.5 Å². The van der Waals surface area contributed by atoms with E-state index in [1.54, 1.807) is 0 Å². The minimum absolute atomic E-state index is 0.820. The molecule has 90 valence electrons. The molecule has 0 amide bonds. The Kier molecular flexibility index (Phi) is 3.47. The smallest absolute Gasteiger partial charge is 0.133 e. The molecule has 2 aromatic rings. The van der Waals surface area contributed by atoms with Crippen LogP contribution < -0.4 is 11.1 Å². The third kappa shape index (κ3) is 2.49. The number of hydrogen-bond donors (Lipinski definition) is 2. The largest absolute Gasteiger partial charge is 0.398 e. The van der Waals surface area contributed by atoms with Crippen molar-refractivity contribution in [2.75, 3.05) is 17.6 Å². The van der Waals surface area contributed by atoms with Crippen molar-refractivity contribution >= 4 is 22.3 Å². The van der Waals surface area contributed by atoms with Crippen LogP contribution in [0.15, 0.2) is 24.4 Å². The van der Waals surface area contributed by atoms with Crippen LogP contribution in [-0.2, 0) is 0 Å². The summed E-state index contributed by atoms with van der Waals surface area (Å²) in [6.07, 6.45) is 4.14. The second-order valence-electron chi connectivity index (χ2n) is 4.39. The van der Waals surface area contributed by atoms with Gasteiger partial charge in [0.1, 0.15) is 5.82 Å². The molecular weight excluding hydrogens is 210 g/mol. The molecule has 0 aliphatic rings. The highest BCUT2D eigenvalue weighted by atomic mass is 15.0. The van der Waals surface area contributed by atoms with Gasteiger partial charge in [0.15, 0.2) is 0 Å². The Morgan fingerprint density at radius 1 is 1.29 bits per heavy atom. The van der Waals surface area contributed by atoms with Crippen molar-refractivity contribution in [3.05, 3.63) is 30.0 Å². The third-order valence-corrected chi connectivity index (χ3v) is 2.88. The van der Waals surface area contributed by atoms with E-state index in [1.165, 1.54) is 12.0 Å². The second kappa shape index (κ2) is 5.04. The van der Waals surface area contributed by atoms with Gasteiger partial charge in [-0.05, 0) is 37.1 Å². The van der Waals surface area contributed by atoms with Crippen molar-refractivity contribution in [3.63, 3.8) is 0 Å². The molecular formula is C14H19N3. The number of nitrogens with one attached hydrogen (secondary N) is 1. The zero-order valence-corrected chi connectivity index (χ0v) is 10.5. The average molecular weight is 229 g/mol. The van der Waals surface area contributed by atoms with Crippen LogP contribution in [0, 0.1) is 6.92 Å². The van der Waals surface area contributed by atoms with Gasteiger partial charge in [-0.25, -0.2) is 4.98 Å². The zero-order valence-electron chi connectivity index (χ0n) is 10.5. The molecule has 17 heavy (non-hydrogen) atoms. The van der Waals surface area contributed by atoms with E-state index in [-0.39, 0.29) is 0 Å². The van der Waals surface area contributed by atoms with Gasteiger partial charge in [0.25, 0.3) is 0 Å². The Hall–Kier alpha value is -1.77. The average Bonchev–Trinajstić information content (AvgIpc) is 2.30. The number of aromatic nitrogens is 1. The summed E-state index contributed by atoms with van der Waals surface area (Å²) in [6.45, 7) is 5.19. The quantitative estimate of drug-likeness (QED) is 0.624. The van der Waals surface area contributed by atoms with Crippen molar-refractivity contribution in [1.82, 2.24) is 4.98 Å². The summed E-state index contributed by atoms with van der Waals surface area (Å²) in [5, 5.41) is 5.56. The van der Waals surface area contributed by atoms with E-state index in [2.05, 4.69) is 30.2 Å². The van der Waals surface area contributed by atoms with Crippen molar-refractivity contribution in [3.8, 4) is 0 Å². The van der Waals surface area contributed by atoms with E-state index < -0.39 is 0 Å². The lowest BCUT2D eigenvalue weighted by Gasteiger charge is -2.10. The molecule has 1 heterocycles. The Labute approximate surface area is 102 Å². The minimum Gasteiger partial charge on any atom is -0.398 e. The van der Waals surface area contributed by atoms with Gasteiger partial charge in [-0.15, -0.1) is 0 Å². The SMILES string of the molecule is CCCCNc1nccc2c(N)cc(C)cc12. The van der Waals surface area contributed by atoms with E-state index in [4.69, 9.17) is 5.73 Å². The predicted octanol–water partition coefficient (Wildman–Crippen LogP) is 3.34. The maximum Gasteiger partial charge on any atom is 0.133 e. The predicted molar refractivity (Wildman–Crippen MR) is 74.3 cm³/mol. The summed E-state index contributed by atoms with van der Waals surface area (Å²) in [5.41, 5.74) is 8.01. The highest BCUT2D eigenvalue weighted by Crippen LogP contribution is 2.27. The molecule has 3 N–H and O–H groups in total. The fourth-order valence-electron chi connectivity index (χ4n) is 1.99. The van der Waals surface area contributed by atoms with E-state index in [0.717, 1.165) is 35.2 Å². The number of pyridine rings is 1. The molecule has 0 atom stereocenters. The topological polar surface area (TPSA) is 50.9 Å². The number of unbranched alkanes of at least 4 members (excludes halogenated alkanes) is 1. The summed E-state index contributed by atoms with van der Waals surface area (Å²) in [5.74, 6) is 0.936. The first kappa shape index (κ1) is 11.7. The lowest BCUT2D eigenvalue weighted by atomic mass is 10.1. The van der Waals surface area contributed by atoms with Gasteiger partial charge >= 0.3 is 0 Å². The molecule has 2 rings (SSSR count). The number of hydrogen-bond acceptors (Lipinski definition) is 3. The van der Waals surface area contributed by atoms with Crippen LogP contribution in [0.25, 0.3) is 10.8 Å². The van der Waals surface area contributed by atoms with Crippen LogP contribution >= 0.6 is 0 Å². The molecule has 1 aromatic carbocycles. The number of fused-ring (bicyclic) bond motifs is 1. The first-order valence-electron chi connectivity index (χ1n) is 6.11. The van der Waals surface area contributed by atoms with Crippen LogP contribution in [0.1, 0.15) is 25.3 Å². The molecule has 3 nitrogen and oxygen atoms in total. The fourth-order valence-corrected chi connectivity index (χ4v) is 1.99. The second-order valence-corrected chi connectivity index (χ2v) is 4.39.